The summed E-state index contributed by atoms with van der Waals surface area (Å²) in [5, 5.41) is 0. The topological polar surface area (TPSA) is 108 Å². The first kappa shape index (κ1) is 57.5. The highest BCUT2D eigenvalue weighted by molar-refractivity contribution is 7.47. The van der Waals surface area contributed by atoms with Crippen LogP contribution in [-0.4, -0.2) is 74.9 Å². The first-order valence-electron chi connectivity index (χ1n) is 24.6. The van der Waals surface area contributed by atoms with Crippen molar-refractivity contribution in [1.29, 1.82) is 0 Å². The van der Waals surface area contributed by atoms with Crippen molar-refractivity contribution < 1.29 is 42.1 Å². The molecule has 0 fully saturated rings. The maximum atomic E-state index is 12.7. The zero-order chi connectivity index (χ0) is 43.6. The van der Waals surface area contributed by atoms with Crippen LogP contribution < -0.4 is 0 Å². The van der Waals surface area contributed by atoms with Gasteiger partial charge in [-0.2, -0.15) is 0 Å². The average Bonchev–Trinajstić information content (AvgIpc) is 3.19. The van der Waals surface area contributed by atoms with E-state index in [-0.39, 0.29) is 32.0 Å². The zero-order valence-corrected chi connectivity index (χ0v) is 40.1. The first-order valence-corrected chi connectivity index (χ1v) is 26.1. The van der Waals surface area contributed by atoms with Crippen molar-refractivity contribution >= 4 is 19.8 Å². The van der Waals surface area contributed by atoms with Crippen molar-refractivity contribution in [2.75, 3.05) is 47.5 Å². The predicted octanol–water partition coefficient (Wildman–Crippen LogP) is 14.3. The minimum absolute atomic E-state index is 0.0325. The third-order valence-corrected chi connectivity index (χ3v) is 11.7. The molecule has 0 aliphatic carbocycles. The third-order valence-electron chi connectivity index (χ3n) is 10.7. The Balaban J connectivity index is 4.27. The number of esters is 2. The molecule has 0 saturated heterocycles. The zero-order valence-electron chi connectivity index (χ0n) is 39.2. The Morgan fingerprint density at radius 3 is 1.37 bits per heavy atom. The summed E-state index contributed by atoms with van der Waals surface area (Å²) >= 11 is 0. The summed E-state index contributed by atoms with van der Waals surface area (Å²) < 4.78 is 34.4. The molecule has 0 aliphatic rings. The van der Waals surface area contributed by atoms with Crippen molar-refractivity contribution in [3.63, 3.8) is 0 Å². The number of likely N-dealkylation sites (N-methyl/N-ethyl adjacent to an activating group) is 1. The molecule has 0 aromatic rings. The quantitative estimate of drug-likeness (QED) is 0.0212. The van der Waals surface area contributed by atoms with E-state index < -0.39 is 26.5 Å². The van der Waals surface area contributed by atoms with Crippen molar-refractivity contribution in [3.05, 3.63) is 24.3 Å². The van der Waals surface area contributed by atoms with Crippen LogP contribution >= 0.6 is 7.82 Å². The Labute approximate surface area is 364 Å². The molecule has 0 rings (SSSR count). The smallest absolute Gasteiger partial charge is 0.462 e. The maximum Gasteiger partial charge on any atom is 0.472 e. The van der Waals surface area contributed by atoms with Gasteiger partial charge in [0.2, 0.25) is 0 Å². The number of carbonyl (C=O) groups excluding carboxylic acids is 2. The number of allylic oxidation sites excluding steroid dienone is 4. The van der Waals surface area contributed by atoms with E-state index in [2.05, 4.69) is 38.2 Å². The molecule has 0 spiro atoms. The lowest BCUT2D eigenvalue weighted by atomic mass is 10.0. The summed E-state index contributed by atoms with van der Waals surface area (Å²) in [5.74, 6) is -0.797. The number of rotatable bonds is 45. The Kier molecular flexibility index (Phi) is 40.8. The minimum Gasteiger partial charge on any atom is -0.462 e. The second kappa shape index (κ2) is 41.8. The number of phosphoric acid groups is 1. The van der Waals surface area contributed by atoms with Gasteiger partial charge in [-0.1, -0.05) is 192 Å². The monoisotopic (exact) mass is 857 g/mol. The first-order chi connectivity index (χ1) is 28.5. The molecule has 2 atom stereocenters. The Hall–Kier alpha value is -1.51. The highest BCUT2D eigenvalue weighted by Gasteiger charge is 2.27. The second-order valence-electron chi connectivity index (χ2n) is 17.9. The van der Waals surface area contributed by atoms with Gasteiger partial charge in [0.1, 0.15) is 19.8 Å². The molecule has 0 saturated carbocycles. The number of hydrogen-bond acceptors (Lipinski definition) is 7. The maximum absolute atomic E-state index is 12.7. The van der Waals surface area contributed by atoms with E-state index in [1.807, 2.05) is 21.1 Å². The van der Waals surface area contributed by atoms with Gasteiger partial charge in [0.15, 0.2) is 6.10 Å². The summed E-state index contributed by atoms with van der Waals surface area (Å²) in [6.45, 7) is 4.42. The lowest BCUT2D eigenvalue weighted by molar-refractivity contribution is -0.870. The van der Waals surface area contributed by atoms with Crippen LogP contribution in [0.2, 0.25) is 0 Å². The molecule has 0 aromatic carbocycles. The normalized spacial score (nSPS) is 13.7. The van der Waals surface area contributed by atoms with Gasteiger partial charge < -0.3 is 18.9 Å². The number of hydrogen-bond donors (Lipinski definition) is 1. The van der Waals surface area contributed by atoms with Gasteiger partial charge in [-0.05, 0) is 44.9 Å². The Bertz CT molecular complexity index is 1060. The van der Waals surface area contributed by atoms with Crippen LogP contribution in [0.3, 0.4) is 0 Å². The molecule has 0 amide bonds. The standard InChI is InChI=1S/C49H94NO8P/c1-6-8-10-12-14-16-18-20-22-24-26-28-30-32-34-36-38-40-42-49(52)58-47(46-57-59(53,54)56-44-43-50(3,4)5)45-55-48(51)41-39-37-35-33-31-29-27-25-23-21-19-17-15-13-11-9-7-2/h15,17,21,23,47H,6-14,16,18-20,22,24-46H2,1-5H3/p+1/b17-15+,23-21+/t47-/m1/s1. The van der Waals surface area contributed by atoms with Crippen LogP contribution in [0.25, 0.3) is 0 Å². The largest absolute Gasteiger partial charge is 0.472 e. The van der Waals surface area contributed by atoms with Crippen LogP contribution in [0.5, 0.6) is 0 Å². The summed E-state index contributed by atoms with van der Waals surface area (Å²) in [6, 6.07) is 0. The summed E-state index contributed by atoms with van der Waals surface area (Å²) in [5.41, 5.74) is 0. The molecule has 0 bridgehead atoms. The van der Waals surface area contributed by atoms with Crippen molar-refractivity contribution in [2.24, 2.45) is 0 Å². The molecular formula is C49H95NO8P+. The number of nitrogens with zero attached hydrogens (tertiary/aromatic N) is 1. The van der Waals surface area contributed by atoms with Gasteiger partial charge in [-0.25, -0.2) is 4.57 Å². The number of quaternary nitrogens is 1. The molecule has 0 radical (unpaired) electrons. The lowest BCUT2D eigenvalue weighted by Gasteiger charge is -2.24. The van der Waals surface area contributed by atoms with Crippen LogP contribution in [-0.2, 0) is 32.7 Å². The molecule has 0 aliphatic heterocycles. The molecule has 9 nitrogen and oxygen atoms in total. The van der Waals surface area contributed by atoms with Crippen LogP contribution in [0.15, 0.2) is 24.3 Å². The number of phosphoric ester groups is 1. The number of ether oxygens (including phenoxy) is 2. The fourth-order valence-corrected chi connectivity index (χ4v) is 7.61. The molecule has 1 N–H and O–H groups in total. The van der Waals surface area contributed by atoms with E-state index in [0.29, 0.717) is 17.4 Å². The molecule has 0 aromatic heterocycles. The Morgan fingerprint density at radius 1 is 0.525 bits per heavy atom. The highest BCUT2D eigenvalue weighted by atomic mass is 31.2. The van der Waals surface area contributed by atoms with Gasteiger partial charge >= 0.3 is 19.8 Å². The van der Waals surface area contributed by atoms with E-state index >= 15 is 0 Å². The van der Waals surface area contributed by atoms with Crippen LogP contribution in [0.1, 0.15) is 226 Å². The molecule has 10 heteroatoms. The van der Waals surface area contributed by atoms with Gasteiger partial charge in [0, 0.05) is 12.8 Å². The van der Waals surface area contributed by atoms with Crippen molar-refractivity contribution in [1.82, 2.24) is 0 Å². The summed E-state index contributed by atoms with van der Waals surface area (Å²) in [4.78, 5) is 35.5. The summed E-state index contributed by atoms with van der Waals surface area (Å²) in [7, 11) is 1.48. The third kappa shape index (κ3) is 45.8. The number of carbonyl (C=O) groups is 2. The highest BCUT2D eigenvalue weighted by Crippen LogP contribution is 2.43. The molecule has 348 valence electrons. The van der Waals surface area contributed by atoms with Crippen LogP contribution in [0, 0.1) is 0 Å². The minimum atomic E-state index is -4.38. The second-order valence-corrected chi connectivity index (χ2v) is 19.3. The van der Waals surface area contributed by atoms with Crippen LogP contribution in [0.4, 0.5) is 0 Å². The fourth-order valence-electron chi connectivity index (χ4n) is 6.87. The van der Waals surface area contributed by atoms with Crippen molar-refractivity contribution in [2.45, 2.75) is 232 Å². The van der Waals surface area contributed by atoms with E-state index in [1.165, 1.54) is 141 Å². The van der Waals surface area contributed by atoms with Gasteiger partial charge in [-0.3, -0.25) is 18.6 Å². The van der Waals surface area contributed by atoms with Gasteiger partial charge in [0.25, 0.3) is 0 Å². The molecule has 0 heterocycles. The molecule has 59 heavy (non-hydrogen) atoms. The Morgan fingerprint density at radius 2 is 0.915 bits per heavy atom. The van der Waals surface area contributed by atoms with E-state index in [0.717, 1.165) is 51.4 Å². The lowest BCUT2D eigenvalue weighted by Crippen LogP contribution is -2.37. The number of unbranched alkanes of at least 4 members (excludes halogenated alkanes) is 27. The van der Waals surface area contributed by atoms with Gasteiger partial charge in [0.05, 0.1) is 27.7 Å². The predicted molar refractivity (Wildman–Crippen MR) is 247 cm³/mol. The molecular weight excluding hydrogens is 762 g/mol. The summed E-state index contributed by atoms with van der Waals surface area (Å²) in [6.07, 6.45) is 46.5. The SMILES string of the molecule is CCCCC/C=C/C/C=C/CCCCCCCCCC(=O)OC[C@H](COP(=O)(O)OCC[N+](C)(C)C)OC(=O)CCCCCCCCCCCCCCCCCCCC. The van der Waals surface area contributed by atoms with Gasteiger partial charge in [-0.15, -0.1) is 0 Å². The van der Waals surface area contributed by atoms with Crippen molar-refractivity contribution in [3.8, 4) is 0 Å². The average molecular weight is 857 g/mol. The molecule has 1 unspecified atom stereocenters. The fraction of sp³-hybridized carbons (Fsp3) is 0.878. The van der Waals surface area contributed by atoms with E-state index in [4.69, 9.17) is 18.5 Å². The van der Waals surface area contributed by atoms with E-state index in [1.54, 1.807) is 0 Å². The van der Waals surface area contributed by atoms with E-state index in [9.17, 15) is 19.0 Å².